The first-order valence-corrected chi connectivity index (χ1v) is 6.30. The number of alkyl halides is 3. The molecule has 1 aliphatic rings. The zero-order chi connectivity index (χ0) is 13.3. The maximum Gasteiger partial charge on any atom is 0.471 e. The molecule has 1 fully saturated rings. The molecule has 0 aliphatic heterocycles. The van der Waals surface area contributed by atoms with Crippen LogP contribution in [0.2, 0.25) is 0 Å². The Morgan fingerprint density at radius 1 is 1.33 bits per heavy atom. The fraction of sp³-hybridized carbons (Fsp3) is 0.417. The highest BCUT2D eigenvalue weighted by molar-refractivity contribution is 9.10. The molecule has 0 bridgehead atoms. The minimum Gasteiger partial charge on any atom is -0.328 e. The van der Waals surface area contributed by atoms with Crippen LogP contribution in [0, 0.1) is 0 Å². The van der Waals surface area contributed by atoms with Gasteiger partial charge in [0.25, 0.3) is 0 Å². The van der Waals surface area contributed by atoms with Crippen molar-refractivity contribution in [2.24, 2.45) is 0 Å². The minimum absolute atomic E-state index is 0.00949. The second kappa shape index (κ2) is 4.91. The molecule has 1 aromatic rings. The average molecular weight is 322 g/mol. The van der Waals surface area contributed by atoms with E-state index >= 15 is 0 Å². The van der Waals surface area contributed by atoms with Crippen molar-refractivity contribution in [2.45, 2.75) is 31.6 Å². The molecule has 98 valence electrons. The Morgan fingerprint density at radius 3 is 2.44 bits per heavy atom. The summed E-state index contributed by atoms with van der Waals surface area (Å²) in [6, 6.07) is 6.71. The van der Waals surface area contributed by atoms with Crippen LogP contribution in [0.1, 0.15) is 18.4 Å². The van der Waals surface area contributed by atoms with Crippen LogP contribution in [-0.2, 0) is 11.3 Å². The van der Waals surface area contributed by atoms with E-state index < -0.39 is 12.1 Å². The molecule has 0 heterocycles. The minimum atomic E-state index is -4.80. The number of nitrogens with zero attached hydrogens (tertiary/aromatic N) is 1. The fourth-order valence-corrected chi connectivity index (χ4v) is 2.14. The number of carbonyl (C=O) groups is 1. The highest BCUT2D eigenvalue weighted by atomic mass is 79.9. The molecule has 0 aromatic heterocycles. The molecule has 2 rings (SSSR count). The number of hydrogen-bond donors (Lipinski definition) is 0. The van der Waals surface area contributed by atoms with Crippen LogP contribution in [0.5, 0.6) is 0 Å². The number of benzene rings is 1. The number of amides is 1. The van der Waals surface area contributed by atoms with E-state index in [2.05, 4.69) is 15.9 Å². The number of halogens is 4. The van der Waals surface area contributed by atoms with Crippen LogP contribution < -0.4 is 0 Å². The highest BCUT2D eigenvalue weighted by Crippen LogP contribution is 2.33. The van der Waals surface area contributed by atoms with E-state index in [4.69, 9.17) is 0 Å². The van der Waals surface area contributed by atoms with Gasteiger partial charge in [0, 0.05) is 17.1 Å². The molecule has 0 radical (unpaired) electrons. The molecule has 0 saturated heterocycles. The Morgan fingerprint density at radius 2 is 1.94 bits per heavy atom. The zero-order valence-corrected chi connectivity index (χ0v) is 11.0. The summed E-state index contributed by atoms with van der Waals surface area (Å²) in [5.74, 6) is -1.75. The predicted octanol–water partition coefficient (Wildman–Crippen LogP) is 3.50. The van der Waals surface area contributed by atoms with E-state index in [1.165, 1.54) is 0 Å². The lowest BCUT2D eigenvalue weighted by atomic mass is 10.2. The summed E-state index contributed by atoms with van der Waals surface area (Å²) < 4.78 is 38.2. The predicted molar refractivity (Wildman–Crippen MR) is 63.8 cm³/mol. The maximum absolute atomic E-state index is 12.5. The van der Waals surface area contributed by atoms with Crippen molar-refractivity contribution < 1.29 is 18.0 Å². The van der Waals surface area contributed by atoms with Gasteiger partial charge in [0.05, 0.1) is 0 Å². The molecule has 0 N–H and O–H groups in total. The monoisotopic (exact) mass is 321 g/mol. The normalized spacial score (nSPS) is 15.6. The first-order valence-electron chi connectivity index (χ1n) is 5.51. The summed E-state index contributed by atoms with van der Waals surface area (Å²) in [6.07, 6.45) is -3.51. The van der Waals surface area contributed by atoms with Gasteiger partial charge in [-0.2, -0.15) is 13.2 Å². The molecule has 1 aromatic carbocycles. The molecule has 0 unspecified atom stereocenters. The molecular formula is C12H11BrF3NO. The molecule has 18 heavy (non-hydrogen) atoms. The van der Waals surface area contributed by atoms with Crippen LogP contribution in [-0.4, -0.2) is 23.0 Å². The van der Waals surface area contributed by atoms with Crippen molar-refractivity contribution in [3.8, 4) is 0 Å². The summed E-state index contributed by atoms with van der Waals surface area (Å²) in [4.78, 5) is 12.3. The van der Waals surface area contributed by atoms with Gasteiger partial charge in [0.1, 0.15) is 0 Å². The van der Waals surface area contributed by atoms with Gasteiger partial charge in [-0.25, -0.2) is 0 Å². The smallest absolute Gasteiger partial charge is 0.328 e. The van der Waals surface area contributed by atoms with Crippen molar-refractivity contribution in [2.75, 3.05) is 0 Å². The SMILES string of the molecule is O=C(N(Cc1ccccc1Br)C1CC1)C(F)(F)F. The van der Waals surface area contributed by atoms with Gasteiger partial charge in [-0.3, -0.25) is 4.79 Å². The second-order valence-electron chi connectivity index (χ2n) is 4.25. The number of hydrogen-bond acceptors (Lipinski definition) is 1. The Labute approximate surface area is 111 Å². The van der Waals surface area contributed by atoms with E-state index in [0.717, 1.165) is 4.90 Å². The van der Waals surface area contributed by atoms with Crippen LogP contribution in [0.15, 0.2) is 28.7 Å². The summed E-state index contributed by atoms with van der Waals surface area (Å²) in [7, 11) is 0. The first-order chi connectivity index (χ1) is 8.39. The Hall–Kier alpha value is -1.04. The molecule has 1 amide bonds. The van der Waals surface area contributed by atoms with Gasteiger partial charge in [0.2, 0.25) is 0 Å². The third-order valence-corrected chi connectivity index (χ3v) is 3.56. The van der Waals surface area contributed by atoms with Gasteiger partial charge in [-0.05, 0) is 24.5 Å². The second-order valence-corrected chi connectivity index (χ2v) is 5.11. The largest absolute Gasteiger partial charge is 0.471 e. The number of rotatable bonds is 3. The van der Waals surface area contributed by atoms with Gasteiger partial charge >= 0.3 is 12.1 Å². The van der Waals surface area contributed by atoms with Crippen LogP contribution >= 0.6 is 15.9 Å². The molecule has 2 nitrogen and oxygen atoms in total. The Bertz CT molecular complexity index is 457. The Kier molecular flexibility index (Phi) is 3.66. The van der Waals surface area contributed by atoms with Gasteiger partial charge < -0.3 is 4.90 Å². The van der Waals surface area contributed by atoms with Gasteiger partial charge in [-0.15, -0.1) is 0 Å². The van der Waals surface area contributed by atoms with E-state index in [-0.39, 0.29) is 12.6 Å². The van der Waals surface area contributed by atoms with Crippen molar-refractivity contribution >= 4 is 21.8 Å². The lowest BCUT2D eigenvalue weighted by Crippen LogP contribution is -2.42. The third kappa shape index (κ3) is 3.04. The molecule has 1 aliphatic carbocycles. The Balaban J connectivity index is 2.17. The molecule has 6 heteroatoms. The number of carbonyl (C=O) groups excluding carboxylic acids is 1. The van der Waals surface area contributed by atoms with E-state index in [9.17, 15) is 18.0 Å². The van der Waals surface area contributed by atoms with Crippen molar-refractivity contribution in [3.05, 3.63) is 34.3 Å². The molecule has 1 saturated carbocycles. The molecular weight excluding hydrogens is 311 g/mol. The maximum atomic E-state index is 12.5. The van der Waals surface area contributed by atoms with Crippen molar-refractivity contribution in [1.82, 2.24) is 4.90 Å². The fourth-order valence-electron chi connectivity index (χ4n) is 1.73. The van der Waals surface area contributed by atoms with Crippen molar-refractivity contribution in [3.63, 3.8) is 0 Å². The van der Waals surface area contributed by atoms with Crippen LogP contribution in [0.25, 0.3) is 0 Å². The van der Waals surface area contributed by atoms with E-state index in [1.807, 2.05) is 0 Å². The summed E-state index contributed by atoms with van der Waals surface area (Å²) in [5, 5.41) is 0. The summed E-state index contributed by atoms with van der Waals surface area (Å²) in [5.41, 5.74) is 0.682. The van der Waals surface area contributed by atoms with E-state index in [0.29, 0.717) is 22.9 Å². The van der Waals surface area contributed by atoms with Gasteiger partial charge in [0.15, 0.2) is 0 Å². The third-order valence-electron chi connectivity index (χ3n) is 2.79. The van der Waals surface area contributed by atoms with Gasteiger partial charge in [-0.1, -0.05) is 34.1 Å². The van der Waals surface area contributed by atoms with Crippen LogP contribution in [0.3, 0.4) is 0 Å². The average Bonchev–Trinajstić information content (AvgIpc) is 3.10. The quantitative estimate of drug-likeness (QED) is 0.834. The topological polar surface area (TPSA) is 20.3 Å². The first kappa shape index (κ1) is 13.4. The van der Waals surface area contributed by atoms with E-state index in [1.54, 1.807) is 24.3 Å². The summed E-state index contributed by atoms with van der Waals surface area (Å²) >= 11 is 3.27. The summed E-state index contributed by atoms with van der Waals surface area (Å²) in [6.45, 7) is -0.00949. The standard InChI is InChI=1S/C12H11BrF3NO/c13-10-4-2-1-3-8(10)7-17(9-5-6-9)11(18)12(14,15)16/h1-4,9H,5-7H2. The molecule has 0 spiro atoms. The highest BCUT2D eigenvalue weighted by Gasteiger charge is 2.47. The zero-order valence-electron chi connectivity index (χ0n) is 9.38. The lowest BCUT2D eigenvalue weighted by molar-refractivity contribution is -0.186. The molecule has 0 atom stereocenters. The lowest BCUT2D eigenvalue weighted by Gasteiger charge is -2.24. The van der Waals surface area contributed by atoms with Crippen LogP contribution in [0.4, 0.5) is 13.2 Å². The van der Waals surface area contributed by atoms with Crippen molar-refractivity contribution in [1.29, 1.82) is 0 Å².